The van der Waals surface area contributed by atoms with Gasteiger partial charge in [-0.1, -0.05) is 20.8 Å². The van der Waals surface area contributed by atoms with Gasteiger partial charge < -0.3 is 15.3 Å². The minimum atomic E-state index is -0.992. The third kappa shape index (κ3) is 3.99. The van der Waals surface area contributed by atoms with Crippen LogP contribution in [0.2, 0.25) is 0 Å². The van der Waals surface area contributed by atoms with E-state index in [4.69, 9.17) is 4.98 Å². The number of aromatic nitrogens is 3. The van der Waals surface area contributed by atoms with Crippen LogP contribution in [0.1, 0.15) is 41.7 Å². The van der Waals surface area contributed by atoms with Crippen molar-refractivity contribution in [3.8, 4) is 11.3 Å². The summed E-state index contributed by atoms with van der Waals surface area (Å²) in [5, 5.41) is 12.8. The molecule has 1 aliphatic rings. The summed E-state index contributed by atoms with van der Waals surface area (Å²) in [6.07, 6.45) is 3.31. The van der Waals surface area contributed by atoms with E-state index in [1.165, 1.54) is 0 Å². The zero-order valence-corrected chi connectivity index (χ0v) is 15.9. The fraction of sp³-hybridized carbons (Fsp3) is 0.474. The summed E-state index contributed by atoms with van der Waals surface area (Å²) in [4.78, 5) is 27.3. The van der Waals surface area contributed by atoms with Gasteiger partial charge in [0.15, 0.2) is 11.6 Å². The number of carbonyl (C=O) groups is 1. The highest BCUT2D eigenvalue weighted by atomic mass is 16.3. The number of nitrogens with one attached hydrogen (secondary N) is 1. The number of pyridine rings is 1. The summed E-state index contributed by atoms with van der Waals surface area (Å²) in [5.41, 5.74) is 1.10. The third-order valence-electron chi connectivity index (χ3n) is 4.00. The first kappa shape index (κ1) is 18.3. The maximum atomic E-state index is 12.0. The van der Waals surface area contributed by atoms with Gasteiger partial charge in [0.25, 0.3) is 0 Å². The summed E-state index contributed by atoms with van der Waals surface area (Å²) in [6, 6.07) is 3.65. The Morgan fingerprint density at radius 2 is 1.92 bits per heavy atom. The molecule has 3 heterocycles. The van der Waals surface area contributed by atoms with E-state index in [1.54, 1.807) is 32.3 Å². The van der Waals surface area contributed by atoms with E-state index in [0.29, 0.717) is 29.6 Å². The molecule has 0 saturated carbocycles. The molecule has 0 saturated heterocycles. The van der Waals surface area contributed by atoms with E-state index in [0.717, 1.165) is 5.56 Å². The molecule has 2 aromatic rings. The van der Waals surface area contributed by atoms with Crippen molar-refractivity contribution in [2.75, 3.05) is 23.3 Å². The van der Waals surface area contributed by atoms with Gasteiger partial charge >= 0.3 is 0 Å². The lowest BCUT2D eigenvalue weighted by molar-refractivity contribution is -0.115. The maximum Gasteiger partial charge on any atom is 0.245 e. The molecule has 2 N–H and O–H groups in total. The second-order valence-corrected chi connectivity index (χ2v) is 8.38. The van der Waals surface area contributed by atoms with Crippen LogP contribution in [0.25, 0.3) is 11.3 Å². The number of carbonyl (C=O) groups excluding carboxylic acids is 1. The van der Waals surface area contributed by atoms with Crippen LogP contribution in [0.4, 0.5) is 11.6 Å². The highest BCUT2D eigenvalue weighted by Gasteiger charge is 2.28. The van der Waals surface area contributed by atoms with E-state index < -0.39 is 5.60 Å². The molecular weight excluding hydrogens is 330 g/mol. The average Bonchev–Trinajstić information content (AvgIpc) is 2.52. The SMILES string of the molecule is CC(C)(C)CN1CC(=O)Nc2ncc(-c3ccc(C(C)(C)O)nc3)nc21.[HH]. The summed E-state index contributed by atoms with van der Waals surface area (Å²) in [7, 11) is 0. The van der Waals surface area contributed by atoms with Crippen LogP contribution in [-0.4, -0.2) is 39.1 Å². The number of rotatable bonds is 3. The number of nitrogens with zero attached hydrogens (tertiary/aromatic N) is 4. The predicted molar refractivity (Wildman–Crippen MR) is 103 cm³/mol. The van der Waals surface area contributed by atoms with E-state index in [2.05, 4.69) is 36.1 Å². The second-order valence-electron chi connectivity index (χ2n) is 8.38. The van der Waals surface area contributed by atoms with Gasteiger partial charge in [0.1, 0.15) is 5.60 Å². The number of anilines is 2. The van der Waals surface area contributed by atoms with E-state index in [-0.39, 0.29) is 19.3 Å². The Hall–Kier alpha value is -2.54. The van der Waals surface area contributed by atoms with Crippen LogP contribution in [0, 0.1) is 5.41 Å². The van der Waals surface area contributed by atoms with Gasteiger partial charge in [-0.25, -0.2) is 9.97 Å². The van der Waals surface area contributed by atoms with Crippen molar-refractivity contribution in [1.29, 1.82) is 0 Å². The molecule has 1 aliphatic heterocycles. The van der Waals surface area contributed by atoms with Crippen LogP contribution in [-0.2, 0) is 10.4 Å². The lowest BCUT2D eigenvalue weighted by atomic mass is 9.96. The van der Waals surface area contributed by atoms with Crippen molar-refractivity contribution in [1.82, 2.24) is 15.0 Å². The van der Waals surface area contributed by atoms with Gasteiger partial charge in [-0.05, 0) is 31.4 Å². The van der Waals surface area contributed by atoms with Crippen molar-refractivity contribution in [2.24, 2.45) is 5.41 Å². The standard InChI is InChI=1S/C19H25N5O2.H2/c1-18(2,3)11-24-10-15(25)23-16-17(24)22-13(9-21-16)12-6-7-14(20-8-12)19(4,5)26;/h6-9,26H,10-11H2,1-5H3,(H,21,23,25);1H. The minimum absolute atomic E-state index is 0. The van der Waals surface area contributed by atoms with Gasteiger partial charge in [-0.15, -0.1) is 0 Å². The Labute approximate surface area is 155 Å². The predicted octanol–water partition coefficient (Wildman–Crippen LogP) is 2.82. The first-order valence-corrected chi connectivity index (χ1v) is 8.64. The van der Waals surface area contributed by atoms with Crippen molar-refractivity contribution in [3.05, 3.63) is 30.2 Å². The number of hydrogen-bond donors (Lipinski definition) is 2. The maximum absolute atomic E-state index is 12.0. The van der Waals surface area contributed by atoms with Crippen molar-refractivity contribution < 1.29 is 11.3 Å². The number of hydrogen-bond acceptors (Lipinski definition) is 6. The Morgan fingerprint density at radius 3 is 2.50 bits per heavy atom. The lowest BCUT2D eigenvalue weighted by Gasteiger charge is -2.34. The van der Waals surface area contributed by atoms with Crippen LogP contribution in [0.3, 0.4) is 0 Å². The highest BCUT2D eigenvalue weighted by Crippen LogP contribution is 2.31. The zero-order chi connectivity index (χ0) is 19.1. The second kappa shape index (κ2) is 6.32. The molecule has 0 fully saturated rings. The summed E-state index contributed by atoms with van der Waals surface area (Å²) < 4.78 is 0. The summed E-state index contributed by atoms with van der Waals surface area (Å²) >= 11 is 0. The smallest absolute Gasteiger partial charge is 0.245 e. The Bertz CT molecular complexity index is 825. The molecule has 0 aliphatic carbocycles. The minimum Gasteiger partial charge on any atom is -0.384 e. The van der Waals surface area contributed by atoms with Crippen LogP contribution >= 0.6 is 0 Å². The number of aliphatic hydroxyl groups is 1. The molecule has 0 spiro atoms. The fourth-order valence-corrected chi connectivity index (χ4v) is 2.86. The number of fused-ring (bicyclic) bond motifs is 1. The number of amides is 1. The largest absolute Gasteiger partial charge is 0.384 e. The molecule has 2 aromatic heterocycles. The molecular formula is C19H27N5O2. The van der Waals surface area contributed by atoms with E-state index in [1.807, 2.05) is 11.0 Å². The third-order valence-corrected chi connectivity index (χ3v) is 4.00. The highest BCUT2D eigenvalue weighted by molar-refractivity contribution is 5.99. The molecule has 26 heavy (non-hydrogen) atoms. The molecule has 7 nitrogen and oxygen atoms in total. The summed E-state index contributed by atoms with van der Waals surface area (Å²) in [5.74, 6) is 1.07. The van der Waals surface area contributed by atoms with Crippen LogP contribution < -0.4 is 10.2 Å². The Morgan fingerprint density at radius 1 is 1.19 bits per heavy atom. The van der Waals surface area contributed by atoms with Crippen molar-refractivity contribution >= 4 is 17.5 Å². The van der Waals surface area contributed by atoms with Crippen LogP contribution in [0.15, 0.2) is 24.5 Å². The molecule has 3 rings (SSSR count). The van der Waals surface area contributed by atoms with Gasteiger partial charge in [0.2, 0.25) is 5.91 Å². The topological polar surface area (TPSA) is 91.2 Å². The fourth-order valence-electron chi connectivity index (χ4n) is 2.86. The van der Waals surface area contributed by atoms with E-state index >= 15 is 0 Å². The van der Waals surface area contributed by atoms with Crippen molar-refractivity contribution in [3.63, 3.8) is 0 Å². The first-order valence-electron chi connectivity index (χ1n) is 8.64. The molecule has 140 valence electrons. The van der Waals surface area contributed by atoms with Gasteiger partial charge in [0.05, 0.1) is 24.1 Å². The van der Waals surface area contributed by atoms with Gasteiger partial charge in [-0.2, -0.15) is 0 Å². The average molecular weight is 357 g/mol. The molecule has 0 unspecified atom stereocenters. The van der Waals surface area contributed by atoms with Gasteiger partial charge in [0, 0.05) is 19.7 Å². The molecule has 0 radical (unpaired) electrons. The molecule has 1 amide bonds. The quantitative estimate of drug-likeness (QED) is 0.878. The summed E-state index contributed by atoms with van der Waals surface area (Å²) in [6.45, 7) is 10.7. The Kier molecular flexibility index (Phi) is 4.44. The zero-order valence-electron chi connectivity index (χ0n) is 15.9. The molecule has 0 aromatic carbocycles. The monoisotopic (exact) mass is 357 g/mol. The molecule has 7 heteroatoms. The first-order chi connectivity index (χ1) is 12.0. The molecule has 0 bridgehead atoms. The van der Waals surface area contributed by atoms with Gasteiger partial charge in [-0.3, -0.25) is 9.78 Å². The Balaban J connectivity index is 0.00000261. The van der Waals surface area contributed by atoms with E-state index in [9.17, 15) is 9.90 Å². The van der Waals surface area contributed by atoms with Crippen LogP contribution in [0.5, 0.6) is 0 Å². The van der Waals surface area contributed by atoms with Crippen molar-refractivity contribution in [2.45, 2.75) is 40.2 Å². The normalized spacial score (nSPS) is 14.8. The molecule has 0 atom stereocenters. The lowest BCUT2D eigenvalue weighted by Crippen LogP contribution is -2.43.